The second-order valence-electron chi connectivity index (χ2n) is 6.69. The molecule has 3 fully saturated rings. The Kier molecular flexibility index (Phi) is 4.61. The summed E-state index contributed by atoms with van der Waals surface area (Å²) in [6.07, 6.45) is 11.2. The second kappa shape index (κ2) is 6.44. The van der Waals surface area contributed by atoms with Crippen LogP contribution in [0.1, 0.15) is 57.8 Å². The van der Waals surface area contributed by atoms with E-state index in [4.69, 9.17) is 9.47 Å². The molecular formula is C16H27NO3. The lowest BCUT2D eigenvalue weighted by Gasteiger charge is -2.25. The lowest BCUT2D eigenvalue weighted by molar-refractivity contribution is -0.129. The molecule has 20 heavy (non-hydrogen) atoms. The van der Waals surface area contributed by atoms with Crippen LogP contribution in [0.2, 0.25) is 0 Å². The number of nitrogens with one attached hydrogen (secondary N) is 1. The van der Waals surface area contributed by atoms with Crippen LogP contribution >= 0.6 is 0 Å². The molecule has 4 nitrogen and oxygen atoms in total. The molecule has 1 heterocycles. The van der Waals surface area contributed by atoms with E-state index in [2.05, 4.69) is 5.32 Å². The molecule has 1 saturated heterocycles. The summed E-state index contributed by atoms with van der Waals surface area (Å²) in [7, 11) is 0. The third kappa shape index (κ3) is 3.53. The van der Waals surface area contributed by atoms with Crippen molar-refractivity contribution in [3.63, 3.8) is 0 Å². The van der Waals surface area contributed by atoms with Gasteiger partial charge in [-0.15, -0.1) is 0 Å². The van der Waals surface area contributed by atoms with Gasteiger partial charge < -0.3 is 14.8 Å². The second-order valence-corrected chi connectivity index (χ2v) is 6.69. The normalized spacial score (nSPS) is 29.3. The van der Waals surface area contributed by atoms with Crippen LogP contribution < -0.4 is 5.32 Å². The largest absolute Gasteiger partial charge is 0.376 e. The Morgan fingerprint density at radius 2 is 1.90 bits per heavy atom. The van der Waals surface area contributed by atoms with E-state index >= 15 is 0 Å². The van der Waals surface area contributed by atoms with Gasteiger partial charge >= 0.3 is 0 Å². The van der Waals surface area contributed by atoms with Crippen LogP contribution in [0.3, 0.4) is 0 Å². The SMILES string of the molecule is O=C(COC[C@H]1CCCCO1)NC1(C2CCCC2)CC1. The van der Waals surface area contributed by atoms with Gasteiger partial charge in [0.15, 0.2) is 0 Å². The Hall–Kier alpha value is -0.610. The average Bonchev–Trinajstić information content (AvgIpc) is 3.03. The van der Waals surface area contributed by atoms with E-state index in [0.717, 1.165) is 32.3 Å². The number of rotatable bonds is 6. The Morgan fingerprint density at radius 1 is 1.15 bits per heavy atom. The molecule has 114 valence electrons. The van der Waals surface area contributed by atoms with Crippen molar-refractivity contribution in [1.82, 2.24) is 5.32 Å². The minimum atomic E-state index is 0.0604. The van der Waals surface area contributed by atoms with Crippen molar-refractivity contribution in [1.29, 1.82) is 0 Å². The molecule has 1 N–H and O–H groups in total. The lowest BCUT2D eigenvalue weighted by Crippen LogP contribution is -2.43. The zero-order valence-electron chi connectivity index (χ0n) is 12.4. The van der Waals surface area contributed by atoms with Crippen molar-refractivity contribution >= 4 is 5.91 Å². The van der Waals surface area contributed by atoms with Crippen LogP contribution in [0.5, 0.6) is 0 Å². The molecular weight excluding hydrogens is 254 g/mol. The minimum Gasteiger partial charge on any atom is -0.376 e. The fourth-order valence-corrected chi connectivity index (χ4v) is 3.78. The zero-order chi connectivity index (χ0) is 13.8. The van der Waals surface area contributed by atoms with E-state index in [0.29, 0.717) is 12.5 Å². The summed E-state index contributed by atoms with van der Waals surface area (Å²) in [5.74, 6) is 0.776. The molecule has 1 amide bonds. The Balaban J connectivity index is 1.35. The molecule has 3 rings (SSSR count). The van der Waals surface area contributed by atoms with Gasteiger partial charge in [-0.2, -0.15) is 0 Å². The highest BCUT2D eigenvalue weighted by Crippen LogP contribution is 2.49. The summed E-state index contributed by atoms with van der Waals surface area (Å²) in [6.45, 7) is 1.59. The molecule has 0 unspecified atom stereocenters. The Labute approximate surface area is 121 Å². The highest BCUT2D eigenvalue weighted by Gasteiger charge is 2.50. The molecule has 2 aliphatic carbocycles. The Bertz CT molecular complexity index is 329. The smallest absolute Gasteiger partial charge is 0.246 e. The van der Waals surface area contributed by atoms with Gasteiger partial charge in [0, 0.05) is 12.1 Å². The van der Waals surface area contributed by atoms with Gasteiger partial charge in [-0.3, -0.25) is 4.79 Å². The van der Waals surface area contributed by atoms with Crippen LogP contribution in [0.4, 0.5) is 0 Å². The molecule has 1 aliphatic heterocycles. The molecule has 1 atom stereocenters. The van der Waals surface area contributed by atoms with Crippen molar-refractivity contribution in [3.8, 4) is 0 Å². The van der Waals surface area contributed by atoms with Crippen molar-refractivity contribution in [2.45, 2.75) is 69.4 Å². The first-order chi connectivity index (χ1) is 9.78. The van der Waals surface area contributed by atoms with Gasteiger partial charge in [0.2, 0.25) is 5.91 Å². The predicted molar refractivity (Wildman–Crippen MR) is 76.5 cm³/mol. The van der Waals surface area contributed by atoms with Crippen molar-refractivity contribution < 1.29 is 14.3 Å². The van der Waals surface area contributed by atoms with Gasteiger partial charge in [0.1, 0.15) is 6.61 Å². The first-order valence-electron chi connectivity index (χ1n) is 8.29. The van der Waals surface area contributed by atoms with Crippen LogP contribution in [-0.4, -0.2) is 37.4 Å². The van der Waals surface area contributed by atoms with Gasteiger partial charge in [-0.05, 0) is 50.9 Å². The molecule has 0 aromatic heterocycles. The van der Waals surface area contributed by atoms with Crippen LogP contribution in [0.25, 0.3) is 0 Å². The number of amides is 1. The number of hydrogen-bond acceptors (Lipinski definition) is 3. The molecule has 0 bridgehead atoms. The van der Waals surface area contributed by atoms with Gasteiger partial charge in [0.05, 0.1) is 12.7 Å². The molecule has 3 aliphatic rings. The van der Waals surface area contributed by atoms with Crippen LogP contribution in [-0.2, 0) is 14.3 Å². The standard InChI is InChI=1S/C16H27NO3/c18-15(12-19-11-14-7-3-4-10-20-14)17-16(8-9-16)13-5-1-2-6-13/h13-14H,1-12H2,(H,17,18)/t14-/m1/s1. The first-order valence-corrected chi connectivity index (χ1v) is 8.29. The highest BCUT2D eigenvalue weighted by atomic mass is 16.5. The zero-order valence-corrected chi connectivity index (χ0v) is 12.4. The van der Waals surface area contributed by atoms with Gasteiger partial charge in [0.25, 0.3) is 0 Å². The summed E-state index contributed by atoms with van der Waals surface area (Å²) in [4.78, 5) is 12.0. The first kappa shape index (κ1) is 14.3. The van der Waals surface area contributed by atoms with E-state index in [-0.39, 0.29) is 24.2 Å². The Morgan fingerprint density at radius 3 is 2.55 bits per heavy atom. The van der Waals surface area contributed by atoms with Gasteiger partial charge in [-0.25, -0.2) is 0 Å². The molecule has 0 spiro atoms. The fraction of sp³-hybridized carbons (Fsp3) is 0.938. The van der Waals surface area contributed by atoms with E-state index < -0.39 is 0 Å². The quantitative estimate of drug-likeness (QED) is 0.813. The molecule has 0 aromatic rings. The molecule has 2 saturated carbocycles. The van der Waals surface area contributed by atoms with E-state index in [9.17, 15) is 4.79 Å². The van der Waals surface area contributed by atoms with Crippen LogP contribution in [0, 0.1) is 5.92 Å². The average molecular weight is 281 g/mol. The van der Waals surface area contributed by atoms with E-state index in [1.807, 2.05) is 0 Å². The molecule has 4 heteroatoms. The maximum Gasteiger partial charge on any atom is 0.246 e. The number of ether oxygens (including phenoxy) is 2. The maximum absolute atomic E-state index is 12.0. The van der Waals surface area contributed by atoms with Crippen molar-refractivity contribution in [2.24, 2.45) is 5.92 Å². The van der Waals surface area contributed by atoms with Crippen LogP contribution in [0.15, 0.2) is 0 Å². The molecule has 0 aromatic carbocycles. The topological polar surface area (TPSA) is 47.6 Å². The monoisotopic (exact) mass is 281 g/mol. The summed E-state index contributed by atoms with van der Waals surface area (Å²) in [5, 5.41) is 3.24. The third-order valence-electron chi connectivity index (χ3n) is 5.12. The van der Waals surface area contributed by atoms with E-state index in [1.165, 1.54) is 32.1 Å². The number of carbonyl (C=O) groups excluding carboxylic acids is 1. The van der Waals surface area contributed by atoms with E-state index in [1.54, 1.807) is 0 Å². The lowest BCUT2D eigenvalue weighted by atomic mass is 9.95. The third-order valence-corrected chi connectivity index (χ3v) is 5.12. The summed E-state index contributed by atoms with van der Waals surface area (Å²) in [5.41, 5.74) is 0.137. The van der Waals surface area contributed by atoms with Gasteiger partial charge in [-0.1, -0.05) is 12.8 Å². The minimum absolute atomic E-state index is 0.0604. The van der Waals surface area contributed by atoms with Crippen molar-refractivity contribution in [3.05, 3.63) is 0 Å². The molecule has 0 radical (unpaired) electrons. The summed E-state index contributed by atoms with van der Waals surface area (Å²) in [6, 6.07) is 0. The number of carbonyl (C=O) groups is 1. The maximum atomic E-state index is 12.0. The summed E-state index contributed by atoms with van der Waals surface area (Å²) >= 11 is 0. The van der Waals surface area contributed by atoms with Crippen molar-refractivity contribution in [2.75, 3.05) is 19.8 Å². The summed E-state index contributed by atoms with van der Waals surface area (Å²) < 4.78 is 11.1. The predicted octanol–water partition coefficient (Wildman–Crippen LogP) is 2.41. The highest BCUT2D eigenvalue weighted by molar-refractivity contribution is 5.78. The fourth-order valence-electron chi connectivity index (χ4n) is 3.78. The number of hydrogen-bond donors (Lipinski definition) is 1.